The van der Waals surface area contributed by atoms with E-state index in [4.69, 9.17) is 10.5 Å². The van der Waals surface area contributed by atoms with Crippen LogP contribution in [0.2, 0.25) is 0 Å². The average molecular weight is 341 g/mol. The molecule has 20 heavy (non-hydrogen) atoms. The summed E-state index contributed by atoms with van der Waals surface area (Å²) in [6.45, 7) is 7.77. The molecule has 2 rings (SSSR count). The van der Waals surface area contributed by atoms with Gasteiger partial charge in [-0.3, -0.25) is 4.90 Å². The van der Waals surface area contributed by atoms with Gasteiger partial charge in [0.15, 0.2) is 0 Å². The molecule has 1 atom stereocenters. The number of aryl methyl sites for hydroxylation is 1. The van der Waals surface area contributed by atoms with Gasteiger partial charge in [-0.15, -0.1) is 0 Å². The topological polar surface area (TPSA) is 38.5 Å². The Hall–Kier alpha value is -0.420. The predicted octanol–water partition coefficient (Wildman–Crippen LogP) is 3.26. The molecule has 0 aliphatic carbocycles. The van der Waals surface area contributed by atoms with E-state index in [0.717, 1.165) is 32.5 Å². The van der Waals surface area contributed by atoms with Crippen molar-refractivity contribution in [3.8, 4) is 0 Å². The van der Waals surface area contributed by atoms with E-state index in [0.29, 0.717) is 18.7 Å². The standard InChI is InChI=1S/C16H25BrN2O/c1-3-20-13-6-8-19(9-7-13)16(11-18)14-5-4-12(2)10-15(14)17/h4-5,10,13,16H,3,6-9,11,18H2,1-2H3. The van der Waals surface area contributed by atoms with Crippen LogP contribution in [0.1, 0.15) is 36.9 Å². The highest BCUT2D eigenvalue weighted by Crippen LogP contribution is 2.30. The summed E-state index contributed by atoms with van der Waals surface area (Å²) in [6.07, 6.45) is 2.64. The van der Waals surface area contributed by atoms with Crippen molar-refractivity contribution in [1.82, 2.24) is 4.90 Å². The highest BCUT2D eigenvalue weighted by Gasteiger charge is 2.26. The molecule has 0 radical (unpaired) electrons. The Kier molecular flexibility index (Phi) is 6.02. The van der Waals surface area contributed by atoms with Crippen molar-refractivity contribution >= 4 is 15.9 Å². The van der Waals surface area contributed by atoms with E-state index >= 15 is 0 Å². The third-order valence-electron chi connectivity index (χ3n) is 4.06. The molecular formula is C16H25BrN2O. The largest absolute Gasteiger partial charge is 0.378 e. The quantitative estimate of drug-likeness (QED) is 0.893. The van der Waals surface area contributed by atoms with Crippen LogP contribution in [0.5, 0.6) is 0 Å². The van der Waals surface area contributed by atoms with Crippen LogP contribution in [-0.4, -0.2) is 37.2 Å². The van der Waals surface area contributed by atoms with Gasteiger partial charge in [0.25, 0.3) is 0 Å². The van der Waals surface area contributed by atoms with Crippen LogP contribution < -0.4 is 5.73 Å². The first kappa shape index (κ1) is 16.0. The van der Waals surface area contributed by atoms with Crippen LogP contribution in [0.15, 0.2) is 22.7 Å². The number of hydrogen-bond acceptors (Lipinski definition) is 3. The van der Waals surface area contributed by atoms with Crippen molar-refractivity contribution in [1.29, 1.82) is 0 Å². The summed E-state index contributed by atoms with van der Waals surface area (Å²) in [5.41, 5.74) is 8.61. The second kappa shape index (κ2) is 7.55. The molecule has 0 amide bonds. The average Bonchev–Trinajstić information content (AvgIpc) is 2.44. The highest BCUT2D eigenvalue weighted by atomic mass is 79.9. The fraction of sp³-hybridized carbons (Fsp3) is 0.625. The molecule has 1 aromatic rings. The van der Waals surface area contributed by atoms with E-state index in [1.54, 1.807) is 0 Å². The van der Waals surface area contributed by atoms with Crippen LogP contribution in [0.3, 0.4) is 0 Å². The number of likely N-dealkylation sites (tertiary alicyclic amines) is 1. The van der Waals surface area contributed by atoms with Crippen LogP contribution in [0, 0.1) is 6.92 Å². The van der Waals surface area contributed by atoms with Crippen molar-refractivity contribution in [3.63, 3.8) is 0 Å². The molecule has 1 heterocycles. The Morgan fingerprint density at radius 2 is 2.10 bits per heavy atom. The summed E-state index contributed by atoms with van der Waals surface area (Å²) in [6, 6.07) is 6.83. The maximum atomic E-state index is 6.04. The molecule has 0 saturated carbocycles. The van der Waals surface area contributed by atoms with Crippen LogP contribution in [0.25, 0.3) is 0 Å². The van der Waals surface area contributed by atoms with Crippen molar-refractivity contribution < 1.29 is 4.74 Å². The van der Waals surface area contributed by atoms with Gasteiger partial charge in [0, 0.05) is 36.8 Å². The van der Waals surface area contributed by atoms with Gasteiger partial charge in [-0.05, 0) is 43.9 Å². The fourth-order valence-corrected chi connectivity index (χ4v) is 3.72. The molecule has 3 nitrogen and oxygen atoms in total. The first-order chi connectivity index (χ1) is 9.65. The van der Waals surface area contributed by atoms with E-state index in [1.165, 1.54) is 15.6 Å². The predicted molar refractivity (Wildman–Crippen MR) is 86.9 cm³/mol. The molecule has 4 heteroatoms. The summed E-state index contributed by atoms with van der Waals surface area (Å²) in [5.74, 6) is 0. The number of nitrogens with two attached hydrogens (primary N) is 1. The number of nitrogens with zero attached hydrogens (tertiary/aromatic N) is 1. The lowest BCUT2D eigenvalue weighted by Crippen LogP contribution is -2.42. The van der Waals surface area contributed by atoms with E-state index in [-0.39, 0.29) is 0 Å². The number of halogens is 1. The third kappa shape index (κ3) is 3.82. The molecule has 1 aromatic carbocycles. The first-order valence-electron chi connectivity index (χ1n) is 7.47. The van der Waals surface area contributed by atoms with Gasteiger partial charge in [0.05, 0.1) is 6.10 Å². The van der Waals surface area contributed by atoms with Gasteiger partial charge in [0.2, 0.25) is 0 Å². The van der Waals surface area contributed by atoms with Crippen molar-refractivity contribution in [2.45, 2.75) is 38.8 Å². The van der Waals surface area contributed by atoms with Crippen LogP contribution in [0.4, 0.5) is 0 Å². The van der Waals surface area contributed by atoms with Crippen molar-refractivity contribution in [2.24, 2.45) is 5.73 Å². The molecule has 1 fully saturated rings. The number of ether oxygens (including phenoxy) is 1. The molecule has 1 aliphatic rings. The molecule has 112 valence electrons. The van der Waals surface area contributed by atoms with Crippen LogP contribution >= 0.6 is 15.9 Å². The van der Waals surface area contributed by atoms with Gasteiger partial charge in [-0.25, -0.2) is 0 Å². The summed E-state index contributed by atoms with van der Waals surface area (Å²) in [7, 11) is 0. The fourth-order valence-electron chi connectivity index (χ4n) is 2.96. The number of hydrogen-bond donors (Lipinski definition) is 1. The molecule has 1 aliphatic heterocycles. The second-order valence-electron chi connectivity index (χ2n) is 5.47. The zero-order valence-electron chi connectivity index (χ0n) is 12.4. The summed E-state index contributed by atoms with van der Waals surface area (Å²) >= 11 is 3.68. The van der Waals surface area contributed by atoms with E-state index in [9.17, 15) is 0 Å². The minimum atomic E-state index is 0.299. The minimum Gasteiger partial charge on any atom is -0.378 e. The highest BCUT2D eigenvalue weighted by molar-refractivity contribution is 9.10. The van der Waals surface area contributed by atoms with E-state index in [2.05, 4.69) is 52.9 Å². The molecule has 0 aromatic heterocycles. The zero-order valence-corrected chi connectivity index (χ0v) is 14.0. The molecule has 0 spiro atoms. The number of piperidine rings is 1. The molecular weight excluding hydrogens is 316 g/mol. The van der Waals surface area contributed by atoms with Gasteiger partial charge in [0.1, 0.15) is 0 Å². The zero-order chi connectivity index (χ0) is 14.5. The molecule has 0 bridgehead atoms. The summed E-state index contributed by atoms with van der Waals surface area (Å²) in [4.78, 5) is 2.49. The lowest BCUT2D eigenvalue weighted by molar-refractivity contribution is 0.00445. The van der Waals surface area contributed by atoms with Crippen molar-refractivity contribution in [2.75, 3.05) is 26.2 Å². The molecule has 1 unspecified atom stereocenters. The minimum absolute atomic E-state index is 0.299. The Morgan fingerprint density at radius 3 is 2.65 bits per heavy atom. The third-order valence-corrected chi connectivity index (χ3v) is 4.74. The van der Waals surface area contributed by atoms with Crippen LogP contribution in [-0.2, 0) is 4.74 Å². The monoisotopic (exact) mass is 340 g/mol. The van der Waals surface area contributed by atoms with Crippen molar-refractivity contribution in [3.05, 3.63) is 33.8 Å². The second-order valence-corrected chi connectivity index (χ2v) is 6.32. The van der Waals surface area contributed by atoms with E-state index < -0.39 is 0 Å². The van der Waals surface area contributed by atoms with Gasteiger partial charge >= 0.3 is 0 Å². The summed E-state index contributed by atoms with van der Waals surface area (Å²) in [5, 5.41) is 0. The lowest BCUT2D eigenvalue weighted by Gasteiger charge is -2.37. The Balaban J connectivity index is 2.05. The van der Waals surface area contributed by atoms with E-state index in [1.807, 2.05) is 0 Å². The smallest absolute Gasteiger partial charge is 0.0599 e. The maximum absolute atomic E-state index is 6.04. The Labute approximate surface area is 130 Å². The van der Waals surface area contributed by atoms with Gasteiger partial charge in [-0.1, -0.05) is 28.1 Å². The first-order valence-corrected chi connectivity index (χ1v) is 8.26. The molecule has 1 saturated heterocycles. The number of benzene rings is 1. The maximum Gasteiger partial charge on any atom is 0.0599 e. The Bertz CT molecular complexity index is 430. The SMILES string of the molecule is CCOC1CCN(C(CN)c2ccc(C)cc2Br)CC1. The van der Waals surface area contributed by atoms with Gasteiger partial charge < -0.3 is 10.5 Å². The van der Waals surface area contributed by atoms with Gasteiger partial charge in [-0.2, -0.15) is 0 Å². The number of rotatable bonds is 5. The lowest BCUT2D eigenvalue weighted by atomic mass is 9.99. The summed E-state index contributed by atoms with van der Waals surface area (Å²) < 4.78 is 6.89. The molecule has 2 N–H and O–H groups in total. The normalized spacial score (nSPS) is 19.2. The Morgan fingerprint density at radius 1 is 1.40 bits per heavy atom.